The third-order valence-corrected chi connectivity index (χ3v) is 9.61. The van der Waals surface area contributed by atoms with Crippen LogP contribution in [-0.4, -0.2) is 129 Å². The molecule has 0 atom stereocenters. The summed E-state index contributed by atoms with van der Waals surface area (Å²) in [6, 6.07) is 11.1. The second-order valence-electron chi connectivity index (χ2n) is 9.90. The first-order valence-corrected chi connectivity index (χ1v) is 17.0. The SMILES string of the molecule is CN1CCN(C(=O)c2cccs2)CC1.CN1CCNCC1.O=C(Cl)c1cccs1.O=C(c1cccs1)N1CCNCC1. The summed E-state index contributed by atoms with van der Waals surface area (Å²) >= 11 is 9.50. The number of likely N-dealkylation sites (N-methyl/N-ethyl adjacent to an activating group) is 2. The van der Waals surface area contributed by atoms with Crippen molar-refractivity contribution in [2.24, 2.45) is 0 Å². The third-order valence-electron chi connectivity index (χ3n) is 6.71. The van der Waals surface area contributed by atoms with Crippen molar-refractivity contribution in [1.29, 1.82) is 0 Å². The molecule has 0 saturated carbocycles. The lowest BCUT2D eigenvalue weighted by Crippen LogP contribution is -2.46. The van der Waals surface area contributed by atoms with Gasteiger partial charge in [0.15, 0.2) is 0 Å². The van der Waals surface area contributed by atoms with Crippen LogP contribution < -0.4 is 10.6 Å². The average molecular weight is 653 g/mol. The zero-order chi connectivity index (χ0) is 30.2. The van der Waals surface area contributed by atoms with Crippen molar-refractivity contribution in [1.82, 2.24) is 30.2 Å². The Hall–Kier alpha value is -2.16. The number of amides is 2. The van der Waals surface area contributed by atoms with Gasteiger partial charge in [0.25, 0.3) is 17.1 Å². The molecule has 9 nitrogen and oxygen atoms in total. The minimum atomic E-state index is -0.375. The number of nitrogens with zero attached hydrogens (tertiary/aromatic N) is 4. The summed E-state index contributed by atoms with van der Waals surface area (Å²) < 4.78 is 0. The van der Waals surface area contributed by atoms with Crippen molar-refractivity contribution in [3.8, 4) is 0 Å². The first-order chi connectivity index (χ1) is 20.3. The fraction of sp³-hybridized carbons (Fsp3) is 0.483. The van der Waals surface area contributed by atoms with Crippen LogP contribution in [0.4, 0.5) is 0 Å². The van der Waals surface area contributed by atoms with Gasteiger partial charge in [-0.3, -0.25) is 14.4 Å². The van der Waals surface area contributed by atoms with E-state index in [0.717, 1.165) is 75.2 Å². The molecule has 2 N–H and O–H groups in total. The topological polar surface area (TPSA) is 88.2 Å². The molecule has 6 heterocycles. The zero-order valence-corrected chi connectivity index (χ0v) is 27.5. The van der Waals surface area contributed by atoms with Gasteiger partial charge in [0, 0.05) is 78.5 Å². The Bertz CT molecular complexity index is 1160. The Kier molecular flexibility index (Phi) is 15.7. The molecule has 3 aliphatic rings. The normalized spacial score (nSPS) is 17.5. The van der Waals surface area contributed by atoms with Gasteiger partial charge < -0.3 is 30.2 Å². The molecular formula is C29H41ClN6O3S3. The van der Waals surface area contributed by atoms with Gasteiger partial charge in [-0.05, 0) is 60.0 Å². The van der Waals surface area contributed by atoms with Crippen molar-refractivity contribution in [2.75, 3.05) is 92.6 Å². The molecule has 2 amide bonds. The van der Waals surface area contributed by atoms with E-state index in [1.165, 1.54) is 47.1 Å². The van der Waals surface area contributed by atoms with Gasteiger partial charge in [-0.1, -0.05) is 18.2 Å². The molecule has 42 heavy (non-hydrogen) atoms. The van der Waals surface area contributed by atoms with E-state index in [-0.39, 0.29) is 17.1 Å². The Morgan fingerprint density at radius 3 is 1.31 bits per heavy atom. The predicted molar refractivity (Wildman–Crippen MR) is 176 cm³/mol. The van der Waals surface area contributed by atoms with E-state index in [2.05, 4.69) is 34.5 Å². The summed E-state index contributed by atoms with van der Waals surface area (Å²) in [7, 11) is 4.24. The van der Waals surface area contributed by atoms with Crippen LogP contribution in [0.5, 0.6) is 0 Å². The standard InChI is InChI=1S/C10H14N2OS.C9H12N2OS.C5H3ClOS.C5H12N2/c1-11-4-6-12(7-5-11)10(13)9-3-2-8-14-9;12-9(8-2-1-7-13-8)11-5-3-10-4-6-11;6-5(7)4-2-1-3-8-4;1-7-4-2-6-3-5-7/h2-3,8H,4-7H2,1H3;1-2,7,10H,3-6H2;1-3H;6H,2-5H2,1H3. The lowest BCUT2D eigenvalue weighted by molar-refractivity contribution is 0.0668. The van der Waals surface area contributed by atoms with Gasteiger partial charge in [0.2, 0.25) is 0 Å². The lowest BCUT2D eigenvalue weighted by atomic mass is 10.3. The Morgan fingerprint density at radius 2 is 0.976 bits per heavy atom. The summed E-state index contributed by atoms with van der Waals surface area (Å²) in [6.07, 6.45) is 0. The van der Waals surface area contributed by atoms with Crippen LogP contribution in [0.3, 0.4) is 0 Å². The number of carbonyl (C=O) groups excluding carboxylic acids is 3. The Labute approximate surface area is 266 Å². The maximum Gasteiger partial charge on any atom is 0.264 e. The monoisotopic (exact) mass is 652 g/mol. The van der Waals surface area contributed by atoms with Gasteiger partial charge in [-0.2, -0.15) is 0 Å². The maximum atomic E-state index is 11.9. The van der Waals surface area contributed by atoms with Gasteiger partial charge in [0.1, 0.15) is 0 Å². The highest BCUT2D eigenvalue weighted by molar-refractivity contribution is 7.14. The van der Waals surface area contributed by atoms with Crippen LogP contribution in [-0.2, 0) is 0 Å². The molecule has 6 rings (SSSR count). The maximum absolute atomic E-state index is 11.9. The number of hydrogen-bond acceptors (Lipinski definition) is 10. The van der Waals surface area contributed by atoms with E-state index in [1.54, 1.807) is 12.1 Å². The Balaban J connectivity index is 0.000000160. The largest absolute Gasteiger partial charge is 0.335 e. The van der Waals surface area contributed by atoms with Crippen LogP contribution in [0.1, 0.15) is 29.0 Å². The van der Waals surface area contributed by atoms with Gasteiger partial charge >= 0.3 is 0 Å². The molecule has 3 aromatic heterocycles. The molecule has 3 saturated heterocycles. The smallest absolute Gasteiger partial charge is 0.264 e. The van der Waals surface area contributed by atoms with E-state index in [0.29, 0.717) is 4.88 Å². The van der Waals surface area contributed by atoms with Crippen molar-refractivity contribution in [3.63, 3.8) is 0 Å². The molecule has 230 valence electrons. The highest BCUT2D eigenvalue weighted by atomic mass is 35.5. The number of nitrogens with one attached hydrogen (secondary N) is 2. The van der Waals surface area contributed by atoms with Crippen molar-refractivity contribution in [2.45, 2.75) is 0 Å². The molecule has 0 unspecified atom stereocenters. The fourth-order valence-electron chi connectivity index (χ4n) is 4.16. The molecule has 0 spiro atoms. The number of rotatable bonds is 3. The summed E-state index contributed by atoms with van der Waals surface area (Å²) in [6.45, 7) is 11.9. The number of hydrogen-bond donors (Lipinski definition) is 2. The number of carbonyl (C=O) groups is 3. The molecule has 0 bridgehead atoms. The molecule has 13 heteroatoms. The zero-order valence-electron chi connectivity index (χ0n) is 24.3. The lowest BCUT2D eigenvalue weighted by Gasteiger charge is -2.32. The number of piperazine rings is 3. The van der Waals surface area contributed by atoms with E-state index < -0.39 is 0 Å². The summed E-state index contributed by atoms with van der Waals surface area (Å²) in [5.41, 5.74) is 0. The van der Waals surface area contributed by atoms with Gasteiger partial charge in [-0.25, -0.2) is 0 Å². The van der Waals surface area contributed by atoms with Crippen LogP contribution in [0.25, 0.3) is 0 Å². The summed E-state index contributed by atoms with van der Waals surface area (Å²) in [5.74, 6) is 0.365. The second kappa shape index (κ2) is 19.2. The first kappa shape index (κ1) is 34.3. The van der Waals surface area contributed by atoms with Gasteiger partial charge in [-0.15, -0.1) is 34.0 Å². The van der Waals surface area contributed by atoms with E-state index in [4.69, 9.17) is 11.6 Å². The fourth-order valence-corrected chi connectivity index (χ4v) is 6.29. The quantitative estimate of drug-likeness (QED) is 0.419. The Morgan fingerprint density at radius 1 is 0.595 bits per heavy atom. The van der Waals surface area contributed by atoms with Crippen LogP contribution in [0.2, 0.25) is 0 Å². The second-order valence-corrected chi connectivity index (χ2v) is 13.1. The molecule has 3 aliphatic heterocycles. The van der Waals surface area contributed by atoms with Crippen molar-refractivity contribution >= 4 is 62.7 Å². The summed E-state index contributed by atoms with van der Waals surface area (Å²) in [5, 5.41) is 11.8. The van der Waals surface area contributed by atoms with E-state index >= 15 is 0 Å². The van der Waals surface area contributed by atoms with E-state index in [1.807, 2.05) is 50.2 Å². The predicted octanol–water partition coefficient (Wildman–Crippen LogP) is 3.58. The number of thiophene rings is 3. The minimum Gasteiger partial charge on any atom is -0.335 e. The highest BCUT2D eigenvalue weighted by Crippen LogP contribution is 2.14. The van der Waals surface area contributed by atoms with Crippen LogP contribution in [0, 0.1) is 0 Å². The number of halogens is 1. The third kappa shape index (κ3) is 12.2. The average Bonchev–Trinajstić information content (AvgIpc) is 3.83. The molecule has 0 aromatic carbocycles. The molecule has 3 aromatic rings. The molecule has 3 fully saturated rings. The summed E-state index contributed by atoms with van der Waals surface area (Å²) in [4.78, 5) is 44.7. The van der Waals surface area contributed by atoms with Crippen LogP contribution in [0.15, 0.2) is 52.5 Å². The van der Waals surface area contributed by atoms with Crippen LogP contribution >= 0.6 is 45.6 Å². The highest BCUT2D eigenvalue weighted by Gasteiger charge is 2.20. The minimum absolute atomic E-state index is 0.177. The molecule has 0 radical (unpaired) electrons. The first-order valence-electron chi connectivity index (χ1n) is 14.0. The van der Waals surface area contributed by atoms with Gasteiger partial charge in [0.05, 0.1) is 14.6 Å². The van der Waals surface area contributed by atoms with Crippen molar-refractivity contribution in [3.05, 3.63) is 67.2 Å². The molecular weight excluding hydrogens is 612 g/mol. The van der Waals surface area contributed by atoms with E-state index in [9.17, 15) is 14.4 Å². The van der Waals surface area contributed by atoms with Crippen molar-refractivity contribution < 1.29 is 14.4 Å². The molecule has 0 aliphatic carbocycles.